The molecule has 0 spiro atoms. The standard InChI is InChI=1S/C24H43NO4Si2/c1-9-18-16-19(24(5,6)21(28-30-7)29-31-8)20(15-17-13-11-10-12-14-17)25(18)22(26)27-23(2,3)4/h10-14,18-21H,9,15-16,30-31H2,1-8H3/t18-,19-,20+/m1/s1. The van der Waals surface area contributed by atoms with Crippen LogP contribution >= 0.6 is 0 Å². The van der Waals surface area contributed by atoms with E-state index in [4.69, 9.17) is 13.6 Å². The first-order valence-electron chi connectivity index (χ1n) is 11.8. The van der Waals surface area contributed by atoms with Crippen LogP contribution in [0.5, 0.6) is 0 Å². The molecule has 0 saturated carbocycles. The van der Waals surface area contributed by atoms with Crippen LogP contribution in [0.4, 0.5) is 4.79 Å². The number of likely N-dealkylation sites (tertiary alicyclic amines) is 1. The average molecular weight is 466 g/mol. The van der Waals surface area contributed by atoms with E-state index in [9.17, 15) is 4.79 Å². The molecule has 1 heterocycles. The lowest BCUT2D eigenvalue weighted by atomic mass is 9.72. The molecule has 0 bridgehead atoms. The lowest BCUT2D eigenvalue weighted by molar-refractivity contribution is -0.110. The maximum atomic E-state index is 13.4. The molecule has 176 valence electrons. The van der Waals surface area contributed by atoms with Crippen LogP contribution in [0.2, 0.25) is 13.1 Å². The lowest BCUT2D eigenvalue weighted by Gasteiger charge is -2.42. The minimum atomic E-state index is -0.612. The van der Waals surface area contributed by atoms with Gasteiger partial charge >= 0.3 is 6.09 Å². The van der Waals surface area contributed by atoms with Crippen molar-refractivity contribution in [3.63, 3.8) is 0 Å². The fraction of sp³-hybridized carbons (Fsp3) is 0.708. The summed E-state index contributed by atoms with van der Waals surface area (Å²) in [5.41, 5.74) is 0.526. The van der Waals surface area contributed by atoms with E-state index in [2.05, 4.69) is 58.1 Å². The second-order valence-electron chi connectivity index (χ2n) is 10.1. The molecule has 1 fully saturated rings. The van der Waals surface area contributed by atoms with Crippen LogP contribution in [0.1, 0.15) is 59.9 Å². The highest BCUT2D eigenvalue weighted by atomic mass is 28.2. The summed E-state index contributed by atoms with van der Waals surface area (Å²) in [5.74, 6) is 0.260. The van der Waals surface area contributed by atoms with E-state index in [1.165, 1.54) is 5.56 Å². The Kier molecular flexibility index (Phi) is 9.36. The average Bonchev–Trinajstić information content (AvgIpc) is 3.06. The largest absolute Gasteiger partial charge is 0.444 e. The van der Waals surface area contributed by atoms with E-state index >= 15 is 0 Å². The number of ether oxygens (including phenoxy) is 1. The number of hydrogen-bond donors (Lipinski definition) is 0. The number of carbonyl (C=O) groups excluding carboxylic acids is 1. The first-order valence-corrected chi connectivity index (χ1v) is 15.8. The topological polar surface area (TPSA) is 48.0 Å². The summed E-state index contributed by atoms with van der Waals surface area (Å²) in [5, 5.41) is 0. The van der Waals surface area contributed by atoms with E-state index in [1.807, 2.05) is 31.7 Å². The lowest BCUT2D eigenvalue weighted by Crippen LogP contribution is -2.50. The van der Waals surface area contributed by atoms with Crippen molar-refractivity contribution in [2.45, 2.75) is 97.9 Å². The van der Waals surface area contributed by atoms with Gasteiger partial charge in [-0.25, -0.2) is 4.79 Å². The van der Waals surface area contributed by atoms with E-state index < -0.39 is 25.1 Å². The van der Waals surface area contributed by atoms with Crippen molar-refractivity contribution in [2.24, 2.45) is 11.3 Å². The third-order valence-electron chi connectivity index (χ3n) is 6.30. The Balaban J connectivity index is 2.45. The molecule has 0 radical (unpaired) electrons. The quantitative estimate of drug-likeness (QED) is 0.403. The summed E-state index contributed by atoms with van der Waals surface area (Å²) < 4.78 is 18.3. The van der Waals surface area contributed by atoms with E-state index in [0.29, 0.717) is 0 Å². The van der Waals surface area contributed by atoms with Crippen molar-refractivity contribution in [2.75, 3.05) is 0 Å². The van der Waals surface area contributed by atoms with Gasteiger partial charge in [0.25, 0.3) is 0 Å². The van der Waals surface area contributed by atoms with Gasteiger partial charge < -0.3 is 18.5 Å². The van der Waals surface area contributed by atoms with Crippen LogP contribution in [0.25, 0.3) is 0 Å². The maximum Gasteiger partial charge on any atom is 0.410 e. The molecule has 1 aliphatic rings. The Hall–Kier alpha value is -1.16. The summed E-state index contributed by atoms with van der Waals surface area (Å²) >= 11 is 0. The second kappa shape index (κ2) is 11.1. The molecule has 0 aromatic heterocycles. The summed E-state index contributed by atoms with van der Waals surface area (Å²) in [6.07, 6.45) is 2.27. The Morgan fingerprint density at radius 2 is 1.68 bits per heavy atom. The zero-order valence-corrected chi connectivity index (χ0v) is 23.6. The normalized spacial score (nSPS) is 23.9. The van der Waals surface area contributed by atoms with Gasteiger partial charge in [-0.15, -0.1) is 0 Å². The highest BCUT2D eigenvalue weighted by Crippen LogP contribution is 2.47. The van der Waals surface area contributed by atoms with Crippen LogP contribution in [0.3, 0.4) is 0 Å². The molecule has 1 saturated heterocycles. The maximum absolute atomic E-state index is 13.4. The van der Waals surface area contributed by atoms with Crippen molar-refractivity contribution >= 4 is 25.6 Å². The van der Waals surface area contributed by atoms with E-state index in [0.717, 1.165) is 19.3 Å². The van der Waals surface area contributed by atoms with Crippen LogP contribution in [0, 0.1) is 11.3 Å². The smallest absolute Gasteiger partial charge is 0.410 e. The number of hydrogen-bond acceptors (Lipinski definition) is 4. The van der Waals surface area contributed by atoms with Gasteiger partial charge in [-0.05, 0) is 51.5 Å². The zero-order chi connectivity index (χ0) is 23.2. The Morgan fingerprint density at radius 1 is 1.10 bits per heavy atom. The van der Waals surface area contributed by atoms with Gasteiger partial charge in [0.1, 0.15) is 11.9 Å². The van der Waals surface area contributed by atoms with Gasteiger partial charge in [0.05, 0.1) is 0 Å². The molecule has 0 aliphatic carbocycles. The molecule has 1 aromatic rings. The van der Waals surface area contributed by atoms with Crippen LogP contribution in [-0.2, 0) is 20.0 Å². The third kappa shape index (κ3) is 6.66. The zero-order valence-electron chi connectivity index (χ0n) is 20.8. The van der Waals surface area contributed by atoms with Crippen molar-refractivity contribution < 1.29 is 18.4 Å². The fourth-order valence-electron chi connectivity index (χ4n) is 4.84. The summed E-state index contributed by atoms with van der Waals surface area (Å²) in [6.45, 7) is 16.8. The predicted octanol–water partition coefficient (Wildman–Crippen LogP) is 4.28. The number of amides is 1. The van der Waals surface area contributed by atoms with E-state index in [1.54, 1.807) is 0 Å². The summed E-state index contributed by atoms with van der Waals surface area (Å²) in [6, 6.07) is 10.7. The second-order valence-corrected chi connectivity index (χ2v) is 11.9. The first kappa shape index (κ1) is 26.1. The van der Waals surface area contributed by atoms with Crippen molar-refractivity contribution in [1.29, 1.82) is 0 Å². The number of nitrogens with zero attached hydrogens (tertiary/aromatic N) is 1. The molecular weight excluding hydrogens is 422 g/mol. The Morgan fingerprint density at radius 3 is 2.16 bits per heavy atom. The molecule has 1 aliphatic heterocycles. The number of carbonyl (C=O) groups is 1. The number of benzene rings is 1. The molecule has 1 amide bonds. The van der Waals surface area contributed by atoms with Gasteiger partial charge in [0, 0.05) is 17.5 Å². The summed E-state index contributed by atoms with van der Waals surface area (Å²) in [7, 11) is -1.22. The highest BCUT2D eigenvalue weighted by molar-refractivity contribution is 6.26. The first-order chi connectivity index (χ1) is 14.5. The van der Waals surface area contributed by atoms with Crippen LogP contribution in [0.15, 0.2) is 30.3 Å². The molecule has 0 unspecified atom stereocenters. The predicted molar refractivity (Wildman–Crippen MR) is 133 cm³/mol. The molecule has 31 heavy (non-hydrogen) atoms. The highest BCUT2D eigenvalue weighted by Gasteiger charge is 2.52. The van der Waals surface area contributed by atoms with Gasteiger partial charge in [0.15, 0.2) is 19.5 Å². The minimum Gasteiger partial charge on any atom is -0.444 e. The third-order valence-corrected chi connectivity index (χ3v) is 7.58. The Bertz CT molecular complexity index is 687. The monoisotopic (exact) mass is 465 g/mol. The molecule has 1 aromatic carbocycles. The van der Waals surface area contributed by atoms with Crippen LogP contribution < -0.4 is 0 Å². The van der Waals surface area contributed by atoms with Gasteiger partial charge in [0.2, 0.25) is 0 Å². The fourth-order valence-corrected chi connectivity index (χ4v) is 6.69. The molecule has 7 heteroatoms. The molecule has 0 N–H and O–H groups in total. The number of rotatable bonds is 9. The van der Waals surface area contributed by atoms with Gasteiger partial charge in [-0.3, -0.25) is 0 Å². The Labute approximate surface area is 194 Å². The molecule has 2 rings (SSSR count). The van der Waals surface area contributed by atoms with Crippen LogP contribution in [-0.4, -0.2) is 54.5 Å². The molecule has 3 atom stereocenters. The SMILES string of the molecule is CC[C@@H]1C[C@@H](C(C)(C)C(O[SiH2]C)O[SiH2]C)[C@H](Cc2ccccc2)N1C(=O)OC(C)(C)C. The van der Waals surface area contributed by atoms with Gasteiger partial charge in [-0.2, -0.15) is 0 Å². The van der Waals surface area contributed by atoms with Crippen molar-refractivity contribution in [3.05, 3.63) is 35.9 Å². The molecular formula is C24H43NO4Si2. The van der Waals surface area contributed by atoms with Crippen molar-refractivity contribution in [3.8, 4) is 0 Å². The van der Waals surface area contributed by atoms with E-state index in [-0.39, 0.29) is 35.8 Å². The van der Waals surface area contributed by atoms with Gasteiger partial charge in [-0.1, -0.05) is 64.2 Å². The summed E-state index contributed by atoms with van der Waals surface area (Å²) in [4.78, 5) is 15.4. The molecule has 5 nitrogen and oxygen atoms in total. The minimum absolute atomic E-state index is 0.0453. The van der Waals surface area contributed by atoms with Crippen molar-refractivity contribution in [1.82, 2.24) is 4.90 Å².